The Morgan fingerprint density at radius 3 is 2.64 bits per heavy atom. The van der Waals surface area contributed by atoms with Gasteiger partial charge in [-0.3, -0.25) is 0 Å². The summed E-state index contributed by atoms with van der Waals surface area (Å²) in [5.41, 5.74) is 0. The van der Waals surface area contributed by atoms with Crippen LogP contribution in [0.5, 0.6) is 0 Å². The van der Waals surface area contributed by atoms with Crippen LogP contribution in [0.2, 0.25) is 0 Å². The molecule has 0 aromatic heterocycles. The van der Waals surface area contributed by atoms with Crippen molar-refractivity contribution in [2.75, 3.05) is 20.1 Å². The maximum Gasteiger partial charge on any atom is 0.260 e. The molecule has 1 aliphatic heterocycles. The van der Waals surface area contributed by atoms with Crippen molar-refractivity contribution in [3.8, 4) is 0 Å². The number of hydrogen-bond donors (Lipinski definition) is 0. The third kappa shape index (κ3) is 2.40. The number of likely N-dealkylation sites (tertiary alicyclic amines) is 1. The number of halogens is 2. The molecule has 0 radical (unpaired) electrons. The van der Waals surface area contributed by atoms with Crippen LogP contribution in [0.3, 0.4) is 0 Å². The maximum atomic E-state index is 12.9. The van der Waals surface area contributed by atoms with Crippen LogP contribution in [0.4, 0.5) is 8.78 Å². The highest BCUT2D eigenvalue weighted by Gasteiger charge is 2.37. The van der Waals surface area contributed by atoms with E-state index >= 15 is 0 Å². The Labute approximate surface area is 66.4 Å². The first-order valence-corrected chi connectivity index (χ1v) is 4.10. The molecule has 66 valence electrons. The van der Waals surface area contributed by atoms with Gasteiger partial charge in [-0.1, -0.05) is 13.3 Å². The molecular formula is C8H15F2N. The molecule has 1 rings (SSSR count). The molecule has 1 atom stereocenters. The van der Waals surface area contributed by atoms with Crippen molar-refractivity contribution in [2.24, 2.45) is 5.92 Å². The zero-order chi connectivity index (χ0) is 8.48. The second-order valence-electron chi connectivity index (χ2n) is 3.53. The Hall–Kier alpha value is -0.180. The fourth-order valence-electron chi connectivity index (χ4n) is 1.73. The fraction of sp³-hybridized carbons (Fsp3) is 1.00. The second kappa shape index (κ2) is 3.05. The van der Waals surface area contributed by atoms with Crippen molar-refractivity contribution in [1.29, 1.82) is 0 Å². The van der Waals surface area contributed by atoms with E-state index in [1.165, 1.54) is 0 Å². The second-order valence-corrected chi connectivity index (χ2v) is 3.53. The van der Waals surface area contributed by atoms with Crippen LogP contribution >= 0.6 is 0 Å². The summed E-state index contributed by atoms with van der Waals surface area (Å²) >= 11 is 0. The summed E-state index contributed by atoms with van der Waals surface area (Å²) in [6.45, 7) is 2.73. The van der Waals surface area contributed by atoms with Gasteiger partial charge in [-0.2, -0.15) is 0 Å². The van der Waals surface area contributed by atoms with Crippen LogP contribution in [0, 0.1) is 5.92 Å². The van der Waals surface area contributed by atoms with E-state index in [0.29, 0.717) is 0 Å². The first-order chi connectivity index (χ1) is 5.03. The number of alkyl halides is 2. The lowest BCUT2D eigenvalue weighted by Crippen LogP contribution is -2.44. The van der Waals surface area contributed by atoms with E-state index in [0.717, 1.165) is 13.0 Å². The molecule has 1 heterocycles. The summed E-state index contributed by atoms with van der Waals surface area (Å²) in [6.07, 6.45) is 0.938. The Balaban J connectivity index is 2.51. The molecule has 1 unspecified atom stereocenters. The molecular weight excluding hydrogens is 148 g/mol. The van der Waals surface area contributed by atoms with E-state index in [-0.39, 0.29) is 18.9 Å². The highest BCUT2D eigenvalue weighted by atomic mass is 19.3. The van der Waals surface area contributed by atoms with Crippen LogP contribution in [-0.4, -0.2) is 31.0 Å². The van der Waals surface area contributed by atoms with Gasteiger partial charge in [0.2, 0.25) is 0 Å². The van der Waals surface area contributed by atoms with E-state index < -0.39 is 5.92 Å². The van der Waals surface area contributed by atoms with Gasteiger partial charge < -0.3 is 4.90 Å². The van der Waals surface area contributed by atoms with E-state index in [2.05, 4.69) is 0 Å². The summed E-state index contributed by atoms with van der Waals surface area (Å²) in [4.78, 5) is 1.72. The van der Waals surface area contributed by atoms with E-state index in [1.807, 2.05) is 6.92 Å². The van der Waals surface area contributed by atoms with Crippen molar-refractivity contribution >= 4 is 0 Å². The topological polar surface area (TPSA) is 3.24 Å². The summed E-state index contributed by atoms with van der Waals surface area (Å²) < 4.78 is 25.7. The first-order valence-electron chi connectivity index (χ1n) is 4.10. The third-order valence-electron chi connectivity index (χ3n) is 2.24. The van der Waals surface area contributed by atoms with Crippen molar-refractivity contribution in [1.82, 2.24) is 4.90 Å². The minimum Gasteiger partial charge on any atom is -0.300 e. The predicted molar refractivity (Wildman–Crippen MR) is 40.8 cm³/mol. The number of rotatable bonds is 1. The van der Waals surface area contributed by atoms with Crippen molar-refractivity contribution in [2.45, 2.75) is 25.7 Å². The molecule has 0 bridgehead atoms. The number of hydrogen-bond acceptors (Lipinski definition) is 1. The molecule has 0 aromatic rings. The van der Waals surface area contributed by atoms with Gasteiger partial charge >= 0.3 is 0 Å². The van der Waals surface area contributed by atoms with Crippen LogP contribution in [0.25, 0.3) is 0 Å². The molecule has 3 heteroatoms. The average molecular weight is 163 g/mol. The normalized spacial score (nSPS) is 32.2. The predicted octanol–water partition coefficient (Wildman–Crippen LogP) is 1.98. The lowest BCUT2D eigenvalue weighted by Gasteiger charge is -2.34. The molecule has 1 nitrogen and oxygen atoms in total. The molecule has 0 amide bonds. The molecule has 0 aliphatic carbocycles. The highest BCUT2D eigenvalue weighted by Crippen LogP contribution is 2.30. The average Bonchev–Trinajstić information content (AvgIpc) is 1.83. The number of nitrogens with zero attached hydrogens (tertiary/aromatic N) is 1. The molecule has 1 fully saturated rings. The van der Waals surface area contributed by atoms with Gasteiger partial charge in [-0.05, 0) is 13.0 Å². The van der Waals surface area contributed by atoms with Crippen molar-refractivity contribution in [3.05, 3.63) is 0 Å². The molecule has 11 heavy (non-hydrogen) atoms. The van der Waals surface area contributed by atoms with Gasteiger partial charge in [0.05, 0.1) is 6.54 Å². The van der Waals surface area contributed by atoms with Gasteiger partial charge in [0, 0.05) is 13.0 Å². The smallest absolute Gasteiger partial charge is 0.260 e. The van der Waals surface area contributed by atoms with Gasteiger partial charge in [-0.25, -0.2) is 8.78 Å². The van der Waals surface area contributed by atoms with Gasteiger partial charge in [0.1, 0.15) is 0 Å². The molecule has 1 saturated heterocycles. The van der Waals surface area contributed by atoms with Crippen LogP contribution in [0.15, 0.2) is 0 Å². The Morgan fingerprint density at radius 1 is 1.55 bits per heavy atom. The Morgan fingerprint density at radius 2 is 2.18 bits per heavy atom. The minimum atomic E-state index is -2.45. The maximum absolute atomic E-state index is 12.9. The van der Waals surface area contributed by atoms with Crippen molar-refractivity contribution in [3.63, 3.8) is 0 Å². The Kier molecular flexibility index (Phi) is 2.47. The monoisotopic (exact) mass is 163 g/mol. The molecule has 0 saturated carbocycles. The molecule has 0 spiro atoms. The lowest BCUT2D eigenvalue weighted by atomic mass is 9.93. The van der Waals surface area contributed by atoms with E-state index in [1.54, 1.807) is 11.9 Å². The zero-order valence-corrected chi connectivity index (χ0v) is 7.11. The molecule has 0 N–H and O–H groups in total. The standard InChI is InChI=1S/C8H15F2N/c1-3-7-4-8(9,10)6-11(2)5-7/h7H,3-6H2,1-2H3. The quantitative estimate of drug-likeness (QED) is 0.571. The summed E-state index contributed by atoms with van der Waals surface area (Å²) in [5, 5.41) is 0. The molecule has 0 aromatic carbocycles. The van der Waals surface area contributed by atoms with Crippen LogP contribution in [0.1, 0.15) is 19.8 Å². The SMILES string of the molecule is CCC1CN(C)CC(F)(F)C1. The minimum absolute atomic E-state index is 0.0660. The highest BCUT2D eigenvalue weighted by molar-refractivity contribution is 4.81. The fourth-order valence-corrected chi connectivity index (χ4v) is 1.73. The van der Waals surface area contributed by atoms with Gasteiger partial charge in [-0.15, -0.1) is 0 Å². The first kappa shape index (κ1) is 8.91. The van der Waals surface area contributed by atoms with E-state index in [4.69, 9.17) is 0 Å². The van der Waals surface area contributed by atoms with Crippen LogP contribution in [-0.2, 0) is 0 Å². The van der Waals surface area contributed by atoms with E-state index in [9.17, 15) is 8.78 Å². The largest absolute Gasteiger partial charge is 0.300 e. The Bertz CT molecular complexity index is 136. The van der Waals surface area contributed by atoms with Gasteiger partial charge in [0.15, 0.2) is 0 Å². The lowest BCUT2D eigenvalue weighted by molar-refractivity contribution is -0.0781. The van der Waals surface area contributed by atoms with Crippen LogP contribution < -0.4 is 0 Å². The summed E-state index contributed by atoms with van der Waals surface area (Å²) in [7, 11) is 1.76. The molecule has 1 aliphatic rings. The number of piperidine rings is 1. The summed E-state index contributed by atoms with van der Waals surface area (Å²) in [5.74, 6) is -2.27. The third-order valence-corrected chi connectivity index (χ3v) is 2.24. The zero-order valence-electron chi connectivity index (χ0n) is 7.11. The van der Waals surface area contributed by atoms with Gasteiger partial charge in [0.25, 0.3) is 5.92 Å². The van der Waals surface area contributed by atoms with Crippen molar-refractivity contribution < 1.29 is 8.78 Å². The summed E-state index contributed by atoms with van der Waals surface area (Å²) in [6, 6.07) is 0.